The van der Waals surface area contributed by atoms with Crippen molar-refractivity contribution in [1.82, 2.24) is 0 Å². The first-order chi connectivity index (χ1) is 8.08. The van der Waals surface area contributed by atoms with E-state index >= 15 is 0 Å². The molecule has 3 atom stereocenters. The van der Waals surface area contributed by atoms with Crippen LogP contribution in [0.4, 0.5) is 4.39 Å². The maximum absolute atomic E-state index is 13.2. The molecule has 0 unspecified atom stereocenters. The van der Waals surface area contributed by atoms with Crippen molar-refractivity contribution in [3.05, 3.63) is 0 Å². The minimum atomic E-state index is -1.50. The molecule has 0 aromatic heterocycles. The average molecular weight is 266 g/mol. The van der Waals surface area contributed by atoms with Gasteiger partial charge in [-0.1, -0.05) is 0 Å². The second kappa shape index (κ2) is 5.79. The quantitative estimate of drug-likeness (QED) is 0.692. The van der Waals surface area contributed by atoms with Crippen LogP contribution in [0, 0.1) is 0 Å². The summed E-state index contributed by atoms with van der Waals surface area (Å²) in [5.74, 6) is -2.09. The summed E-state index contributed by atoms with van der Waals surface area (Å²) in [6, 6.07) is 0. The van der Waals surface area contributed by atoms with E-state index < -0.39 is 23.8 Å². The van der Waals surface area contributed by atoms with Crippen LogP contribution in [-0.2, 0) is 14.2 Å². The van der Waals surface area contributed by atoms with Gasteiger partial charge in [-0.15, -0.1) is 0 Å². The molecule has 0 aliphatic carbocycles. The monoisotopic (exact) mass is 266 g/mol. The third kappa shape index (κ3) is 5.58. The van der Waals surface area contributed by atoms with E-state index in [1.807, 2.05) is 13.8 Å². The molecular weight excluding hydrogens is 243 g/mol. The van der Waals surface area contributed by atoms with E-state index in [0.29, 0.717) is 19.6 Å². The zero-order chi connectivity index (χ0) is 14.0. The molecule has 2 saturated heterocycles. The number of alkyl halides is 1. The molecule has 0 aromatic carbocycles. The normalized spacial score (nSPS) is 35.2. The molecular formula is C12H23FO5. The zero-order valence-corrected chi connectivity index (χ0v) is 11.4. The summed E-state index contributed by atoms with van der Waals surface area (Å²) in [7, 11) is 0. The van der Waals surface area contributed by atoms with E-state index in [1.165, 1.54) is 13.8 Å². The maximum atomic E-state index is 13.2. The first-order valence-corrected chi connectivity index (χ1v) is 6.11. The lowest BCUT2D eigenvalue weighted by Crippen LogP contribution is -2.35. The van der Waals surface area contributed by atoms with Gasteiger partial charge in [0.1, 0.15) is 18.4 Å². The zero-order valence-electron chi connectivity index (χ0n) is 11.4. The van der Waals surface area contributed by atoms with Crippen LogP contribution in [-0.4, -0.2) is 53.4 Å². The van der Waals surface area contributed by atoms with Gasteiger partial charge < -0.3 is 24.4 Å². The van der Waals surface area contributed by atoms with Gasteiger partial charge in [-0.25, -0.2) is 4.39 Å². The van der Waals surface area contributed by atoms with Crippen LogP contribution >= 0.6 is 0 Å². The molecule has 0 spiro atoms. The van der Waals surface area contributed by atoms with E-state index in [4.69, 9.17) is 24.4 Å². The fourth-order valence-electron chi connectivity index (χ4n) is 1.80. The summed E-state index contributed by atoms with van der Waals surface area (Å²) in [6.07, 6.45) is -1.10. The highest BCUT2D eigenvalue weighted by molar-refractivity contribution is 4.87. The van der Waals surface area contributed by atoms with Crippen LogP contribution in [0.25, 0.3) is 0 Å². The largest absolute Gasteiger partial charge is 0.372 e. The van der Waals surface area contributed by atoms with Crippen LogP contribution in [0.1, 0.15) is 34.1 Å². The highest BCUT2D eigenvalue weighted by atomic mass is 19.1. The molecule has 2 N–H and O–H groups in total. The third-order valence-electron chi connectivity index (χ3n) is 2.46. The predicted molar refractivity (Wildman–Crippen MR) is 62.7 cm³/mol. The van der Waals surface area contributed by atoms with Gasteiger partial charge in [-0.3, -0.25) is 0 Å². The van der Waals surface area contributed by atoms with Crippen molar-refractivity contribution < 1.29 is 28.8 Å². The van der Waals surface area contributed by atoms with Gasteiger partial charge in [0.15, 0.2) is 11.6 Å². The number of rotatable bonds is 1. The molecule has 2 aliphatic rings. The topological polar surface area (TPSA) is 68.2 Å². The van der Waals surface area contributed by atoms with Crippen molar-refractivity contribution >= 4 is 0 Å². The van der Waals surface area contributed by atoms with E-state index in [9.17, 15) is 4.39 Å². The molecule has 0 aromatic rings. The van der Waals surface area contributed by atoms with Crippen molar-refractivity contribution in [2.45, 2.75) is 64.1 Å². The van der Waals surface area contributed by atoms with Gasteiger partial charge in [0.05, 0.1) is 13.2 Å². The Morgan fingerprint density at radius 2 is 1.83 bits per heavy atom. The number of ether oxygens (including phenoxy) is 3. The van der Waals surface area contributed by atoms with E-state index in [0.717, 1.165) is 0 Å². The molecule has 2 aliphatic heterocycles. The molecule has 108 valence electrons. The predicted octanol–water partition coefficient (Wildman–Crippen LogP) is 0.972. The lowest BCUT2D eigenvalue weighted by atomic mass is 10.1. The van der Waals surface area contributed by atoms with Crippen molar-refractivity contribution in [3.63, 3.8) is 0 Å². The molecule has 2 rings (SSSR count). The standard InChI is InChI=1S/C9H15FO3.C3H8O2/c1-9(2)12-5-7(13-9)8-6(10)3-4-11-8;1-3(2,4)5/h6-8H,3-5H2,1-2H3;4-5H,1-2H3/t6-,7-,8+;/m1./s1. The van der Waals surface area contributed by atoms with Crippen LogP contribution < -0.4 is 0 Å². The molecule has 0 bridgehead atoms. The molecule has 5 nitrogen and oxygen atoms in total. The Morgan fingerprint density at radius 3 is 2.17 bits per heavy atom. The van der Waals surface area contributed by atoms with Crippen LogP contribution in [0.15, 0.2) is 0 Å². The summed E-state index contributed by atoms with van der Waals surface area (Å²) in [5.41, 5.74) is 0. The Kier molecular flexibility index (Phi) is 5.08. The number of aliphatic hydroxyl groups is 2. The summed E-state index contributed by atoms with van der Waals surface area (Å²) in [5, 5.41) is 16.2. The highest BCUT2D eigenvalue weighted by Gasteiger charge is 2.43. The fourth-order valence-corrected chi connectivity index (χ4v) is 1.80. The van der Waals surface area contributed by atoms with Gasteiger partial charge in [-0.05, 0) is 27.7 Å². The smallest absolute Gasteiger partial charge is 0.163 e. The summed E-state index contributed by atoms with van der Waals surface area (Å²) >= 11 is 0. The third-order valence-corrected chi connectivity index (χ3v) is 2.46. The summed E-state index contributed by atoms with van der Waals surface area (Å²) in [4.78, 5) is 0. The molecule has 0 radical (unpaired) electrons. The molecule has 2 fully saturated rings. The Bertz CT molecular complexity index is 258. The lowest BCUT2D eigenvalue weighted by molar-refractivity contribution is -0.155. The highest BCUT2D eigenvalue weighted by Crippen LogP contribution is 2.30. The van der Waals surface area contributed by atoms with Crippen LogP contribution in [0.5, 0.6) is 0 Å². The van der Waals surface area contributed by atoms with Gasteiger partial charge in [-0.2, -0.15) is 0 Å². The number of halogens is 1. The van der Waals surface area contributed by atoms with Crippen LogP contribution in [0.2, 0.25) is 0 Å². The van der Waals surface area contributed by atoms with Gasteiger partial charge in [0.25, 0.3) is 0 Å². The molecule has 6 heteroatoms. The van der Waals surface area contributed by atoms with E-state index in [2.05, 4.69) is 0 Å². The van der Waals surface area contributed by atoms with Crippen molar-refractivity contribution in [2.75, 3.05) is 13.2 Å². The van der Waals surface area contributed by atoms with Crippen molar-refractivity contribution in [2.24, 2.45) is 0 Å². The Hall–Kier alpha value is -0.270. The van der Waals surface area contributed by atoms with Gasteiger partial charge in [0.2, 0.25) is 0 Å². The van der Waals surface area contributed by atoms with Gasteiger partial charge >= 0.3 is 0 Å². The first-order valence-electron chi connectivity index (χ1n) is 6.11. The summed E-state index contributed by atoms with van der Waals surface area (Å²) < 4.78 is 29.4. The average Bonchev–Trinajstić information content (AvgIpc) is 2.69. The van der Waals surface area contributed by atoms with E-state index in [1.54, 1.807) is 0 Å². The van der Waals surface area contributed by atoms with Crippen molar-refractivity contribution in [1.29, 1.82) is 0 Å². The SMILES string of the molecule is CC(C)(O)O.CC1(C)OC[C@H]([C@H]2OCC[C@H]2F)O1. The Balaban J connectivity index is 0.000000280. The Morgan fingerprint density at radius 1 is 1.28 bits per heavy atom. The van der Waals surface area contributed by atoms with Gasteiger partial charge in [0, 0.05) is 6.42 Å². The second-order valence-electron chi connectivity index (χ2n) is 5.50. The number of hydrogen-bond donors (Lipinski definition) is 2. The maximum Gasteiger partial charge on any atom is 0.163 e. The second-order valence-corrected chi connectivity index (χ2v) is 5.50. The van der Waals surface area contributed by atoms with Crippen molar-refractivity contribution in [3.8, 4) is 0 Å². The fraction of sp³-hybridized carbons (Fsp3) is 1.00. The summed E-state index contributed by atoms with van der Waals surface area (Å²) in [6.45, 7) is 7.18. The Labute approximate surface area is 107 Å². The molecule has 0 amide bonds. The minimum Gasteiger partial charge on any atom is -0.372 e. The molecule has 18 heavy (non-hydrogen) atoms. The lowest BCUT2D eigenvalue weighted by Gasteiger charge is -2.21. The number of hydrogen-bond acceptors (Lipinski definition) is 5. The molecule has 0 saturated carbocycles. The first kappa shape index (κ1) is 15.8. The van der Waals surface area contributed by atoms with E-state index in [-0.39, 0.29) is 6.10 Å². The van der Waals surface area contributed by atoms with Crippen LogP contribution in [0.3, 0.4) is 0 Å². The minimum absolute atomic E-state index is 0.243. The molecule has 2 heterocycles.